The van der Waals surface area contributed by atoms with Crippen molar-refractivity contribution in [2.24, 2.45) is 0 Å². The van der Waals surface area contributed by atoms with E-state index in [2.05, 4.69) is 27.9 Å². The van der Waals surface area contributed by atoms with Crippen molar-refractivity contribution < 1.29 is 23.8 Å². The molecule has 2 aromatic heterocycles. The van der Waals surface area contributed by atoms with Crippen LogP contribution in [0.15, 0.2) is 16.9 Å². The molecule has 7 rings (SSSR count). The number of nitrogens with zero attached hydrogens (tertiary/aromatic N) is 2. The number of rotatable bonds is 3. The molecule has 2 aliphatic carbocycles. The minimum atomic E-state index is -1.95. The van der Waals surface area contributed by atoms with Gasteiger partial charge in [-0.15, -0.1) is 0 Å². The number of hydrogen-bond acceptors (Lipinski definition) is 6. The van der Waals surface area contributed by atoms with Gasteiger partial charge in [-0.1, -0.05) is 41.1 Å². The standard InChI is InChI=1S/C27H22ClFIN3O5/c1-2-27(37)14-7-18-22-12(9-33(18)23(34)13(14)10-38-25(27)36)20-16(32-24(35)26(30)5-6-26)4-3-11-19(20)17(31-22)8-15(29)21(11)28/h7-8,16,37H,2-6,9-10H2,1H3,(H,32,35)/t16-,27-/m0/s1. The predicted molar refractivity (Wildman–Crippen MR) is 145 cm³/mol. The maximum absolute atomic E-state index is 14.9. The minimum absolute atomic E-state index is 0.0320. The number of aliphatic hydroxyl groups is 1. The topological polar surface area (TPSA) is 111 Å². The molecule has 11 heteroatoms. The summed E-state index contributed by atoms with van der Waals surface area (Å²) in [5.41, 5.74) is 1.59. The van der Waals surface area contributed by atoms with Crippen LogP contribution in [-0.4, -0.2) is 30.0 Å². The lowest BCUT2D eigenvalue weighted by atomic mass is 9.83. The van der Waals surface area contributed by atoms with Gasteiger partial charge < -0.3 is 19.7 Å². The molecule has 1 saturated carbocycles. The zero-order chi connectivity index (χ0) is 26.7. The summed E-state index contributed by atoms with van der Waals surface area (Å²) in [6.45, 7) is 1.60. The van der Waals surface area contributed by atoms with Crippen molar-refractivity contribution in [2.75, 3.05) is 0 Å². The Bertz CT molecular complexity index is 1700. The number of aryl methyl sites for hydroxylation is 1. The normalized spacial score (nSPS) is 23.9. The van der Waals surface area contributed by atoms with Crippen molar-refractivity contribution in [2.45, 2.75) is 67.2 Å². The van der Waals surface area contributed by atoms with Gasteiger partial charge in [0.05, 0.1) is 40.1 Å². The summed E-state index contributed by atoms with van der Waals surface area (Å²) in [6.07, 6.45) is 2.67. The quantitative estimate of drug-likeness (QED) is 0.198. The Morgan fingerprint density at radius 1 is 1.32 bits per heavy atom. The molecule has 1 aromatic carbocycles. The van der Waals surface area contributed by atoms with Crippen LogP contribution in [0.4, 0.5) is 4.39 Å². The number of halogens is 3. The number of amides is 1. The van der Waals surface area contributed by atoms with Gasteiger partial charge in [0, 0.05) is 22.6 Å². The molecule has 0 bridgehead atoms. The molecular weight excluding hydrogens is 628 g/mol. The largest absolute Gasteiger partial charge is 0.458 e. The number of carbonyl (C=O) groups is 2. The molecular formula is C27H22ClFIN3O5. The molecule has 2 atom stereocenters. The number of nitrogens with one attached hydrogen (secondary N) is 1. The first-order chi connectivity index (χ1) is 18.1. The van der Waals surface area contributed by atoms with Crippen LogP contribution < -0.4 is 10.9 Å². The molecule has 2 aliphatic heterocycles. The lowest BCUT2D eigenvalue weighted by molar-refractivity contribution is -0.172. The van der Waals surface area contributed by atoms with Gasteiger partial charge in [-0.2, -0.15) is 0 Å². The number of alkyl halides is 1. The van der Waals surface area contributed by atoms with E-state index < -0.39 is 20.8 Å². The molecule has 8 nitrogen and oxygen atoms in total. The Kier molecular flexibility index (Phi) is 5.14. The van der Waals surface area contributed by atoms with Crippen molar-refractivity contribution in [1.82, 2.24) is 14.9 Å². The maximum atomic E-state index is 14.9. The van der Waals surface area contributed by atoms with Gasteiger partial charge in [0.15, 0.2) is 5.60 Å². The number of esters is 1. The number of aromatic nitrogens is 2. The third-order valence-electron chi connectivity index (χ3n) is 8.44. The Labute approximate surface area is 234 Å². The summed E-state index contributed by atoms with van der Waals surface area (Å²) in [4.78, 5) is 44.0. The zero-order valence-electron chi connectivity index (χ0n) is 20.3. The van der Waals surface area contributed by atoms with Crippen molar-refractivity contribution in [3.63, 3.8) is 0 Å². The Hall–Kier alpha value is -2.57. The fraction of sp³-hybridized carbons (Fsp3) is 0.407. The fourth-order valence-corrected chi connectivity index (χ4v) is 6.79. The first kappa shape index (κ1) is 24.5. The number of cyclic esters (lactones) is 1. The van der Waals surface area contributed by atoms with E-state index in [1.54, 1.807) is 17.6 Å². The molecule has 38 heavy (non-hydrogen) atoms. The number of pyridine rings is 2. The van der Waals surface area contributed by atoms with E-state index in [4.69, 9.17) is 21.3 Å². The van der Waals surface area contributed by atoms with Crippen LogP contribution in [0.25, 0.3) is 22.3 Å². The van der Waals surface area contributed by atoms with Crippen LogP contribution in [0.3, 0.4) is 0 Å². The van der Waals surface area contributed by atoms with E-state index in [1.807, 2.05) is 0 Å². The Balaban J connectivity index is 1.49. The lowest BCUT2D eigenvalue weighted by Gasteiger charge is -2.31. The monoisotopic (exact) mass is 649 g/mol. The second-order valence-corrected chi connectivity index (χ2v) is 13.0. The van der Waals surface area contributed by atoms with Gasteiger partial charge >= 0.3 is 5.97 Å². The van der Waals surface area contributed by atoms with Crippen molar-refractivity contribution in [3.8, 4) is 11.4 Å². The van der Waals surface area contributed by atoms with E-state index in [9.17, 15) is 23.9 Å². The van der Waals surface area contributed by atoms with Gasteiger partial charge in [0.1, 0.15) is 15.8 Å². The van der Waals surface area contributed by atoms with Crippen molar-refractivity contribution in [3.05, 3.63) is 61.1 Å². The molecule has 0 spiro atoms. The van der Waals surface area contributed by atoms with Crippen LogP contribution in [0, 0.1) is 5.82 Å². The second kappa shape index (κ2) is 7.98. The first-order valence-electron chi connectivity index (χ1n) is 12.6. The molecule has 0 radical (unpaired) electrons. The molecule has 4 heterocycles. The SMILES string of the molecule is CC[C@@]1(O)C(=O)OCc2c1cc1n(c2=O)Cc2c-1nc1cc(F)c(Cl)c3c1c2[C@@H](NC(=O)C1(I)CC1)CC3. The first-order valence-corrected chi connectivity index (χ1v) is 14.0. The van der Waals surface area contributed by atoms with E-state index in [-0.39, 0.29) is 53.2 Å². The van der Waals surface area contributed by atoms with E-state index in [0.29, 0.717) is 40.7 Å². The van der Waals surface area contributed by atoms with Gasteiger partial charge in [-0.25, -0.2) is 14.2 Å². The zero-order valence-corrected chi connectivity index (χ0v) is 23.2. The summed E-state index contributed by atoms with van der Waals surface area (Å²) in [6, 6.07) is 2.56. The fourth-order valence-electron chi connectivity index (χ4n) is 6.12. The number of carbonyl (C=O) groups excluding carboxylic acids is 2. The van der Waals surface area contributed by atoms with Gasteiger partial charge in [-0.05, 0) is 49.3 Å². The highest BCUT2D eigenvalue weighted by Crippen LogP contribution is 2.49. The molecule has 3 aromatic rings. The molecule has 1 fully saturated rings. The second-order valence-electron chi connectivity index (χ2n) is 10.5. The number of fused-ring (bicyclic) bond motifs is 5. The number of hydrogen-bond donors (Lipinski definition) is 2. The average Bonchev–Trinajstić information content (AvgIpc) is 3.55. The maximum Gasteiger partial charge on any atom is 0.343 e. The molecule has 1 amide bonds. The Morgan fingerprint density at radius 3 is 2.79 bits per heavy atom. The molecule has 4 aliphatic rings. The molecule has 196 valence electrons. The van der Waals surface area contributed by atoms with E-state index in [1.165, 1.54) is 6.07 Å². The van der Waals surface area contributed by atoms with Gasteiger partial charge in [0.25, 0.3) is 5.56 Å². The van der Waals surface area contributed by atoms with Crippen LogP contribution in [0.5, 0.6) is 0 Å². The molecule has 0 saturated heterocycles. The highest BCUT2D eigenvalue weighted by molar-refractivity contribution is 14.1. The highest BCUT2D eigenvalue weighted by Gasteiger charge is 2.49. The van der Waals surface area contributed by atoms with Crippen LogP contribution in [0.1, 0.15) is 66.5 Å². The lowest BCUT2D eigenvalue weighted by Crippen LogP contribution is -2.44. The highest BCUT2D eigenvalue weighted by atomic mass is 127. The minimum Gasteiger partial charge on any atom is -0.458 e. The van der Waals surface area contributed by atoms with E-state index in [0.717, 1.165) is 24.0 Å². The summed E-state index contributed by atoms with van der Waals surface area (Å²) in [5.74, 6) is -1.41. The average molecular weight is 650 g/mol. The summed E-state index contributed by atoms with van der Waals surface area (Å²) in [5, 5.41) is 15.1. The predicted octanol–water partition coefficient (Wildman–Crippen LogP) is 3.94. The van der Waals surface area contributed by atoms with Crippen LogP contribution in [0.2, 0.25) is 5.02 Å². The summed E-state index contributed by atoms with van der Waals surface area (Å²) >= 11 is 8.60. The third-order valence-corrected chi connectivity index (χ3v) is 10.4. The number of ether oxygens (including phenoxy) is 1. The van der Waals surface area contributed by atoms with Crippen molar-refractivity contribution >= 4 is 57.0 Å². The molecule has 0 unspecified atom stereocenters. The van der Waals surface area contributed by atoms with Gasteiger partial charge in [-0.3, -0.25) is 9.59 Å². The van der Waals surface area contributed by atoms with Gasteiger partial charge in [0.2, 0.25) is 5.91 Å². The van der Waals surface area contributed by atoms with Crippen LogP contribution in [-0.2, 0) is 39.5 Å². The third kappa shape index (κ3) is 3.16. The van der Waals surface area contributed by atoms with Crippen molar-refractivity contribution in [1.29, 1.82) is 0 Å². The summed E-state index contributed by atoms with van der Waals surface area (Å²) < 4.78 is 21.2. The molecule has 2 N–H and O–H groups in total. The summed E-state index contributed by atoms with van der Waals surface area (Å²) in [7, 11) is 0. The smallest absolute Gasteiger partial charge is 0.343 e. The van der Waals surface area contributed by atoms with E-state index >= 15 is 0 Å². The number of benzene rings is 1. The Morgan fingerprint density at radius 2 is 2.08 bits per heavy atom. The van der Waals surface area contributed by atoms with Crippen LogP contribution >= 0.6 is 34.2 Å².